The number of aryl methyl sites for hydroxylation is 1. The second kappa shape index (κ2) is 9.85. The number of carbonyl (C=O) groups is 2. The molecular weight excluding hydrogens is 461 g/mol. The number of halogens is 1. The molecule has 2 fully saturated rings. The van der Waals surface area contributed by atoms with E-state index in [9.17, 15) is 19.1 Å². The topological polar surface area (TPSA) is 76.1 Å². The van der Waals surface area contributed by atoms with Crippen molar-refractivity contribution in [2.75, 3.05) is 19.7 Å². The van der Waals surface area contributed by atoms with Crippen LogP contribution in [0.25, 0.3) is 0 Å². The Kier molecular flexibility index (Phi) is 6.77. The van der Waals surface area contributed by atoms with Gasteiger partial charge in [0, 0.05) is 42.8 Å². The van der Waals surface area contributed by atoms with Gasteiger partial charge in [-0.15, -0.1) is 0 Å². The third-order valence-electron chi connectivity index (χ3n) is 8.31. The van der Waals surface area contributed by atoms with Gasteiger partial charge in [0.05, 0.1) is 12.7 Å². The number of amides is 1. The third-order valence-corrected chi connectivity index (χ3v) is 8.31. The monoisotopic (exact) mass is 495 g/mol. The lowest BCUT2D eigenvalue weighted by molar-refractivity contribution is -0.185. The number of ether oxygens (including phenoxy) is 2. The molecule has 7 heteroatoms. The van der Waals surface area contributed by atoms with Crippen molar-refractivity contribution in [1.29, 1.82) is 0 Å². The molecule has 5 rings (SSSR count). The maximum atomic E-state index is 13.5. The largest absolute Gasteiger partial charge is 0.487 e. The Hall–Kier alpha value is -2.93. The van der Waals surface area contributed by atoms with Crippen LogP contribution < -0.4 is 4.74 Å². The van der Waals surface area contributed by atoms with E-state index in [-0.39, 0.29) is 35.6 Å². The fourth-order valence-electron chi connectivity index (χ4n) is 6.39. The van der Waals surface area contributed by atoms with Crippen LogP contribution >= 0.6 is 0 Å². The Morgan fingerprint density at radius 3 is 2.81 bits per heavy atom. The second-order valence-corrected chi connectivity index (χ2v) is 10.9. The first-order chi connectivity index (χ1) is 17.3. The summed E-state index contributed by atoms with van der Waals surface area (Å²) >= 11 is 0. The Labute approximate surface area is 211 Å². The van der Waals surface area contributed by atoms with Gasteiger partial charge < -0.3 is 19.5 Å². The van der Waals surface area contributed by atoms with Crippen molar-refractivity contribution in [1.82, 2.24) is 4.90 Å². The Morgan fingerprint density at radius 1 is 1.17 bits per heavy atom. The number of hydrogen-bond donors (Lipinski definition) is 1. The summed E-state index contributed by atoms with van der Waals surface area (Å²) in [5, 5.41) is 9.38. The zero-order chi connectivity index (χ0) is 25.3. The number of aliphatic carboxylic acids is 1. The van der Waals surface area contributed by atoms with Crippen molar-refractivity contribution in [2.45, 2.75) is 63.6 Å². The van der Waals surface area contributed by atoms with Gasteiger partial charge in [0.25, 0.3) is 0 Å². The Bertz CT molecular complexity index is 1140. The van der Waals surface area contributed by atoms with Crippen LogP contribution in [-0.4, -0.2) is 47.2 Å². The lowest BCUT2D eigenvalue weighted by Crippen LogP contribution is -2.57. The first kappa shape index (κ1) is 24.8. The zero-order valence-electron chi connectivity index (χ0n) is 20.7. The minimum absolute atomic E-state index is 0.0113. The van der Waals surface area contributed by atoms with Crippen LogP contribution in [0.2, 0.25) is 0 Å². The van der Waals surface area contributed by atoms with Gasteiger partial charge in [0.2, 0.25) is 5.91 Å². The molecular formula is C29H34FNO5. The fraction of sp³-hybridized carbons (Fsp3) is 0.517. The van der Waals surface area contributed by atoms with Crippen molar-refractivity contribution in [3.63, 3.8) is 0 Å². The minimum Gasteiger partial charge on any atom is -0.487 e. The molecule has 2 aromatic carbocycles. The van der Waals surface area contributed by atoms with Crippen molar-refractivity contribution >= 4 is 11.9 Å². The van der Waals surface area contributed by atoms with Crippen LogP contribution in [0.1, 0.15) is 62.7 Å². The summed E-state index contributed by atoms with van der Waals surface area (Å²) < 4.78 is 26.6. The summed E-state index contributed by atoms with van der Waals surface area (Å²) in [6.07, 6.45) is 3.80. The van der Waals surface area contributed by atoms with E-state index in [0.29, 0.717) is 39.0 Å². The molecule has 1 spiro atoms. The molecule has 2 aromatic rings. The number of para-hydroxylation sites is 1. The summed E-state index contributed by atoms with van der Waals surface area (Å²) in [6, 6.07) is 14.3. The Morgan fingerprint density at radius 2 is 2.00 bits per heavy atom. The molecule has 3 aliphatic rings. The number of likely N-dealkylation sites (tertiary alicyclic amines) is 1. The molecule has 0 radical (unpaired) electrons. The predicted molar refractivity (Wildman–Crippen MR) is 132 cm³/mol. The van der Waals surface area contributed by atoms with Crippen LogP contribution in [0.4, 0.5) is 4.39 Å². The van der Waals surface area contributed by atoms with Gasteiger partial charge in [0.1, 0.15) is 17.2 Å². The highest BCUT2D eigenvalue weighted by molar-refractivity contribution is 5.76. The van der Waals surface area contributed by atoms with Gasteiger partial charge in [-0.05, 0) is 62.8 Å². The van der Waals surface area contributed by atoms with Gasteiger partial charge in [-0.3, -0.25) is 9.59 Å². The van der Waals surface area contributed by atoms with Crippen LogP contribution in [0, 0.1) is 17.2 Å². The van der Waals surface area contributed by atoms with E-state index < -0.39 is 11.6 Å². The first-order valence-corrected chi connectivity index (χ1v) is 12.9. The molecule has 2 saturated heterocycles. The number of benzene rings is 2. The molecule has 6 nitrogen and oxygen atoms in total. The average molecular weight is 496 g/mol. The highest BCUT2D eigenvalue weighted by Gasteiger charge is 2.54. The molecule has 3 heterocycles. The number of nitrogens with zero attached hydrogens (tertiary/aromatic N) is 1. The summed E-state index contributed by atoms with van der Waals surface area (Å²) in [5.74, 6) is -0.287. The van der Waals surface area contributed by atoms with E-state index in [0.717, 1.165) is 36.1 Å². The summed E-state index contributed by atoms with van der Waals surface area (Å²) in [7, 11) is 0. The SMILES string of the molecule is C[C@]1(CCC(=O)O)Oc2ccccc2[C@@H]2OC[C@]3(CCCN(C(=O)CCc4cccc(F)c4)C3)C[C@H]21. The molecule has 1 amide bonds. The number of fused-ring (bicyclic) bond motifs is 3. The smallest absolute Gasteiger partial charge is 0.303 e. The van der Waals surface area contributed by atoms with Crippen molar-refractivity contribution < 1.29 is 28.6 Å². The van der Waals surface area contributed by atoms with Crippen LogP contribution in [0.15, 0.2) is 48.5 Å². The van der Waals surface area contributed by atoms with Crippen molar-refractivity contribution in [3.05, 3.63) is 65.5 Å². The first-order valence-electron chi connectivity index (χ1n) is 12.9. The third kappa shape index (κ3) is 4.99. The zero-order valence-corrected chi connectivity index (χ0v) is 20.7. The highest BCUT2D eigenvalue weighted by atomic mass is 19.1. The van der Waals surface area contributed by atoms with Crippen LogP contribution in [0.5, 0.6) is 5.75 Å². The molecule has 36 heavy (non-hydrogen) atoms. The number of rotatable bonds is 6. The molecule has 0 aromatic heterocycles. The maximum Gasteiger partial charge on any atom is 0.303 e. The molecule has 0 aliphatic carbocycles. The summed E-state index contributed by atoms with van der Waals surface area (Å²) in [4.78, 5) is 26.5. The molecule has 0 saturated carbocycles. The molecule has 0 unspecified atom stereocenters. The lowest BCUT2D eigenvalue weighted by Gasteiger charge is -2.55. The summed E-state index contributed by atoms with van der Waals surface area (Å²) in [5.41, 5.74) is 0.984. The van der Waals surface area contributed by atoms with Gasteiger partial charge >= 0.3 is 5.97 Å². The average Bonchev–Trinajstić information content (AvgIpc) is 2.86. The maximum absolute atomic E-state index is 13.5. The predicted octanol–water partition coefficient (Wildman–Crippen LogP) is 5.16. The van der Waals surface area contributed by atoms with Gasteiger partial charge in [-0.1, -0.05) is 30.3 Å². The number of carboxylic acids is 1. The standard InChI is InChI=1S/C29H34FNO5/c1-28(14-12-26(33)34)23-17-29(19-35-27(23)22-8-2-3-9-24(22)36-28)13-5-15-31(18-29)25(32)11-10-20-6-4-7-21(30)16-20/h2-4,6-9,16,23,27H,5,10-15,17-19H2,1H3,(H,33,34)/t23-,27+,28-,29-/m1/s1. The van der Waals surface area contributed by atoms with E-state index in [1.807, 2.05) is 42.2 Å². The van der Waals surface area contributed by atoms with Crippen LogP contribution in [-0.2, 0) is 20.7 Å². The van der Waals surface area contributed by atoms with Gasteiger partial charge in [0.15, 0.2) is 0 Å². The van der Waals surface area contributed by atoms with E-state index >= 15 is 0 Å². The fourth-order valence-corrected chi connectivity index (χ4v) is 6.39. The van der Waals surface area contributed by atoms with E-state index in [1.165, 1.54) is 12.1 Å². The van der Waals surface area contributed by atoms with Gasteiger partial charge in [-0.2, -0.15) is 0 Å². The molecule has 192 valence electrons. The number of carbonyl (C=O) groups excluding carboxylic acids is 1. The van der Waals surface area contributed by atoms with Crippen LogP contribution in [0.3, 0.4) is 0 Å². The molecule has 1 N–H and O–H groups in total. The van der Waals surface area contributed by atoms with Crippen molar-refractivity contribution in [3.8, 4) is 5.75 Å². The number of hydrogen-bond acceptors (Lipinski definition) is 4. The van der Waals surface area contributed by atoms with E-state index in [4.69, 9.17) is 9.47 Å². The number of piperidine rings is 1. The Balaban J connectivity index is 1.32. The molecule has 3 aliphatic heterocycles. The second-order valence-electron chi connectivity index (χ2n) is 10.9. The van der Waals surface area contributed by atoms with Gasteiger partial charge in [-0.25, -0.2) is 4.39 Å². The normalized spacial score (nSPS) is 29.2. The van der Waals surface area contributed by atoms with E-state index in [1.54, 1.807) is 6.07 Å². The van der Waals surface area contributed by atoms with E-state index in [2.05, 4.69) is 0 Å². The lowest BCUT2D eigenvalue weighted by atomic mass is 9.64. The molecule has 0 bridgehead atoms. The molecule has 4 atom stereocenters. The highest BCUT2D eigenvalue weighted by Crippen LogP contribution is 2.56. The van der Waals surface area contributed by atoms with Crippen molar-refractivity contribution in [2.24, 2.45) is 11.3 Å². The quantitative estimate of drug-likeness (QED) is 0.599. The number of carboxylic acid groups (broad SMARTS) is 1. The minimum atomic E-state index is -0.839. The summed E-state index contributed by atoms with van der Waals surface area (Å²) in [6.45, 7) is 3.91.